The van der Waals surface area contributed by atoms with Gasteiger partial charge in [0, 0.05) is 12.8 Å². The number of aliphatic hydroxyl groups excluding tert-OH is 7. The molecule has 2 aliphatic rings. The van der Waals surface area contributed by atoms with Crippen LogP contribution >= 0.6 is 0 Å². The van der Waals surface area contributed by atoms with Crippen LogP contribution in [0.2, 0.25) is 0 Å². The van der Waals surface area contributed by atoms with E-state index in [9.17, 15) is 45.3 Å². The van der Waals surface area contributed by atoms with E-state index in [2.05, 4.69) is 86.8 Å². The van der Waals surface area contributed by atoms with Gasteiger partial charge in [0.15, 0.2) is 18.7 Å². The maximum atomic E-state index is 13.0. The Labute approximate surface area is 393 Å². The third-order valence-electron chi connectivity index (χ3n) is 11.2. The summed E-state index contributed by atoms with van der Waals surface area (Å²) in [7, 11) is 0. The topological polar surface area (TPSA) is 231 Å². The number of aliphatic hydroxyl groups is 7. The molecule has 15 heteroatoms. The fourth-order valence-electron chi connectivity index (χ4n) is 7.18. The van der Waals surface area contributed by atoms with Crippen molar-refractivity contribution in [1.82, 2.24) is 0 Å². The van der Waals surface area contributed by atoms with Gasteiger partial charge in [-0.1, -0.05) is 125 Å². The smallest absolute Gasteiger partial charge is 0.306 e. The Hall–Kier alpha value is -3.06. The lowest BCUT2D eigenvalue weighted by molar-refractivity contribution is -0.332. The number of allylic oxidation sites excluding steroid dienone is 12. The summed E-state index contributed by atoms with van der Waals surface area (Å²) in [6.45, 7) is 2.30. The molecule has 0 spiro atoms. The molecule has 2 fully saturated rings. The van der Waals surface area contributed by atoms with Crippen molar-refractivity contribution in [3.05, 3.63) is 72.9 Å². The van der Waals surface area contributed by atoms with Crippen molar-refractivity contribution in [3.63, 3.8) is 0 Å². The lowest BCUT2D eigenvalue weighted by Gasteiger charge is -2.42. The highest BCUT2D eigenvalue weighted by Crippen LogP contribution is 2.26. The van der Waals surface area contributed by atoms with E-state index < -0.39 is 99.3 Å². The van der Waals surface area contributed by atoms with Gasteiger partial charge in [-0.3, -0.25) is 9.59 Å². The number of carbonyl (C=O) groups excluding carboxylic acids is 2. The third kappa shape index (κ3) is 25.9. The quantitative estimate of drug-likeness (QED) is 0.0209. The molecule has 0 radical (unpaired) electrons. The number of esters is 2. The summed E-state index contributed by atoms with van der Waals surface area (Å²) in [6.07, 6.45) is 26.5. The van der Waals surface area contributed by atoms with Gasteiger partial charge in [-0.15, -0.1) is 0 Å². The second-order valence-corrected chi connectivity index (χ2v) is 16.9. The van der Waals surface area contributed by atoms with Crippen molar-refractivity contribution >= 4 is 11.9 Å². The molecule has 66 heavy (non-hydrogen) atoms. The SMILES string of the molecule is CC/C=C\C/C=C\C/C=C\CCCCCCCC(=O)OC[C@H](CO[C@@H]1O[C@H](CO[C@H]2O[C@@H](CO)[C@H](O)[C@@H](O)[C@@H]2O)[C@@H](O)[C@H](O)[C@H]1O)OC(=O)CCCCCCC/C=C\C/C=C\C/C=C\CC. The van der Waals surface area contributed by atoms with Gasteiger partial charge >= 0.3 is 11.9 Å². The third-order valence-corrected chi connectivity index (χ3v) is 11.2. The van der Waals surface area contributed by atoms with E-state index in [1.54, 1.807) is 0 Å². The molecule has 0 saturated carbocycles. The monoisotopic (exact) mass is 937 g/mol. The van der Waals surface area contributed by atoms with Gasteiger partial charge in [0.05, 0.1) is 19.8 Å². The summed E-state index contributed by atoms with van der Waals surface area (Å²) in [4.78, 5) is 25.7. The normalized spacial score (nSPS) is 26.8. The molecule has 11 atom stereocenters. The Morgan fingerprint density at radius 3 is 1.42 bits per heavy atom. The minimum absolute atomic E-state index is 0.138. The number of unbranched alkanes of at least 4 members (excludes halogenated alkanes) is 10. The van der Waals surface area contributed by atoms with Gasteiger partial charge in [-0.2, -0.15) is 0 Å². The number of carbonyl (C=O) groups is 2. The first-order valence-electron chi connectivity index (χ1n) is 24.5. The van der Waals surface area contributed by atoms with Gasteiger partial charge in [0.1, 0.15) is 55.4 Å². The first-order chi connectivity index (χ1) is 32.0. The zero-order valence-corrected chi connectivity index (χ0v) is 39.6. The van der Waals surface area contributed by atoms with Crippen molar-refractivity contribution in [2.24, 2.45) is 0 Å². The molecule has 0 bridgehead atoms. The van der Waals surface area contributed by atoms with Crippen LogP contribution in [0.5, 0.6) is 0 Å². The molecule has 2 heterocycles. The Balaban J connectivity index is 1.84. The molecule has 378 valence electrons. The first-order valence-corrected chi connectivity index (χ1v) is 24.5. The van der Waals surface area contributed by atoms with Crippen LogP contribution in [0.1, 0.15) is 142 Å². The standard InChI is InChI=1S/C51H84O15/c1-3-5-7-9-11-13-15-17-19-21-23-25-27-29-31-33-42(53)61-36-39(64-43(54)34-32-30-28-26-24-22-20-18-16-14-12-10-8-6-4-2)37-62-50-49(60)47(58)45(56)41(66-50)38-63-51-48(59)46(57)44(55)40(35-52)65-51/h5-8,11-14,17-20,39-41,44-52,55-60H,3-4,9-10,15-16,21-38H2,1-2H3/b7-5-,8-6-,13-11-,14-12-,19-17-,20-18-/t39-,40+,41-,44+,45-,46-,47+,48+,49-,50-,51+/m1/s1. The van der Waals surface area contributed by atoms with Crippen LogP contribution in [0.3, 0.4) is 0 Å². The lowest BCUT2D eigenvalue weighted by Crippen LogP contribution is -2.61. The minimum atomic E-state index is -1.77. The van der Waals surface area contributed by atoms with Crippen LogP contribution in [0, 0.1) is 0 Å². The first kappa shape index (κ1) is 59.1. The summed E-state index contributed by atoms with van der Waals surface area (Å²) < 4.78 is 33.5. The molecular formula is C51H84O15. The highest BCUT2D eigenvalue weighted by Gasteiger charge is 2.47. The fraction of sp³-hybridized carbons (Fsp3) is 0.725. The van der Waals surface area contributed by atoms with Crippen LogP contribution in [0.15, 0.2) is 72.9 Å². The van der Waals surface area contributed by atoms with Crippen molar-refractivity contribution < 1.29 is 73.8 Å². The molecule has 0 aromatic rings. The van der Waals surface area contributed by atoms with Crippen molar-refractivity contribution in [1.29, 1.82) is 0 Å². The molecule has 0 unspecified atom stereocenters. The maximum absolute atomic E-state index is 13.0. The number of hydrogen-bond acceptors (Lipinski definition) is 15. The van der Waals surface area contributed by atoms with Crippen molar-refractivity contribution in [3.8, 4) is 0 Å². The van der Waals surface area contributed by atoms with Gasteiger partial charge in [-0.05, 0) is 77.0 Å². The van der Waals surface area contributed by atoms with E-state index in [-0.39, 0.29) is 19.4 Å². The largest absolute Gasteiger partial charge is 0.462 e. The van der Waals surface area contributed by atoms with Crippen LogP contribution in [-0.4, -0.2) is 142 Å². The predicted octanol–water partition coefficient (Wildman–Crippen LogP) is 6.26. The lowest BCUT2D eigenvalue weighted by atomic mass is 9.98. The van der Waals surface area contributed by atoms with E-state index in [0.29, 0.717) is 12.8 Å². The van der Waals surface area contributed by atoms with E-state index in [4.69, 9.17) is 28.4 Å². The molecule has 7 N–H and O–H groups in total. The average Bonchev–Trinajstić information content (AvgIpc) is 3.31. The molecule has 0 amide bonds. The summed E-state index contributed by atoms with van der Waals surface area (Å²) in [5.41, 5.74) is 0. The molecule has 15 nitrogen and oxygen atoms in total. The summed E-state index contributed by atoms with van der Waals surface area (Å²) in [6, 6.07) is 0. The van der Waals surface area contributed by atoms with Gasteiger partial charge < -0.3 is 64.2 Å². The summed E-state index contributed by atoms with van der Waals surface area (Å²) in [5, 5.41) is 72.0. The number of hydrogen-bond donors (Lipinski definition) is 7. The maximum Gasteiger partial charge on any atom is 0.306 e. The highest BCUT2D eigenvalue weighted by atomic mass is 16.7. The predicted molar refractivity (Wildman–Crippen MR) is 252 cm³/mol. The molecule has 0 aliphatic carbocycles. The van der Waals surface area contributed by atoms with Crippen molar-refractivity contribution in [2.75, 3.05) is 26.4 Å². The molecule has 0 aromatic heterocycles. The van der Waals surface area contributed by atoms with E-state index >= 15 is 0 Å². The summed E-state index contributed by atoms with van der Waals surface area (Å²) >= 11 is 0. The zero-order valence-electron chi connectivity index (χ0n) is 39.6. The number of rotatable bonds is 36. The molecule has 2 aliphatic heterocycles. The Morgan fingerprint density at radius 1 is 0.485 bits per heavy atom. The van der Waals surface area contributed by atoms with Gasteiger partial charge in [-0.25, -0.2) is 0 Å². The Kier molecular flexibility index (Phi) is 33.9. The Morgan fingerprint density at radius 2 is 0.909 bits per heavy atom. The van der Waals surface area contributed by atoms with Crippen molar-refractivity contribution in [2.45, 2.75) is 210 Å². The average molecular weight is 937 g/mol. The van der Waals surface area contributed by atoms with Crippen LogP contribution < -0.4 is 0 Å². The second kappa shape index (κ2) is 37.9. The molecule has 2 rings (SSSR count). The van der Waals surface area contributed by atoms with E-state index in [1.165, 1.54) is 0 Å². The van der Waals surface area contributed by atoms with Crippen LogP contribution in [0.25, 0.3) is 0 Å². The molecule has 0 aromatic carbocycles. The molecular weight excluding hydrogens is 853 g/mol. The van der Waals surface area contributed by atoms with Crippen LogP contribution in [-0.2, 0) is 38.0 Å². The highest BCUT2D eigenvalue weighted by molar-refractivity contribution is 5.70. The van der Waals surface area contributed by atoms with E-state index in [0.717, 1.165) is 103 Å². The van der Waals surface area contributed by atoms with Crippen LogP contribution in [0.4, 0.5) is 0 Å². The zero-order chi connectivity index (χ0) is 48.2. The fourth-order valence-corrected chi connectivity index (χ4v) is 7.18. The second-order valence-electron chi connectivity index (χ2n) is 16.9. The Bertz CT molecular complexity index is 1430. The minimum Gasteiger partial charge on any atom is -0.462 e. The molecule has 2 saturated heterocycles. The number of ether oxygens (including phenoxy) is 6. The summed E-state index contributed by atoms with van der Waals surface area (Å²) in [5.74, 6) is -0.973. The van der Waals surface area contributed by atoms with Gasteiger partial charge in [0.2, 0.25) is 0 Å². The van der Waals surface area contributed by atoms with E-state index in [1.807, 2.05) is 0 Å². The van der Waals surface area contributed by atoms with Gasteiger partial charge in [0.25, 0.3) is 0 Å².